The second kappa shape index (κ2) is 10.4. The van der Waals surface area contributed by atoms with Gasteiger partial charge in [-0.25, -0.2) is 4.98 Å². The van der Waals surface area contributed by atoms with E-state index >= 15 is 0 Å². The van der Waals surface area contributed by atoms with Gasteiger partial charge in [0.1, 0.15) is 11.9 Å². The van der Waals surface area contributed by atoms with Crippen molar-refractivity contribution in [1.82, 2.24) is 4.98 Å². The minimum absolute atomic E-state index is 0. The highest BCUT2D eigenvalue weighted by Gasteiger charge is 2.34. The van der Waals surface area contributed by atoms with E-state index in [1.165, 1.54) is 13.2 Å². The molecule has 1 aromatic heterocycles. The third kappa shape index (κ3) is 6.16. The van der Waals surface area contributed by atoms with Gasteiger partial charge < -0.3 is 25.0 Å². The highest BCUT2D eigenvalue weighted by Crippen LogP contribution is 2.37. The van der Waals surface area contributed by atoms with Crippen LogP contribution in [-0.4, -0.2) is 43.9 Å². The Morgan fingerprint density at radius 3 is 2.55 bits per heavy atom. The Morgan fingerprint density at radius 1 is 1.24 bits per heavy atom. The van der Waals surface area contributed by atoms with Crippen LogP contribution in [0.5, 0.6) is 11.5 Å². The van der Waals surface area contributed by atoms with Crippen molar-refractivity contribution in [2.75, 3.05) is 36.3 Å². The molecule has 11 heteroatoms. The largest absolute Gasteiger partial charge is 0.493 e. The molecular formula is C22H29F3N4O3S. The Hall–Kier alpha value is -2.82. The molecule has 33 heavy (non-hydrogen) atoms. The Morgan fingerprint density at radius 2 is 1.94 bits per heavy atom. The van der Waals surface area contributed by atoms with Crippen molar-refractivity contribution in [2.24, 2.45) is 5.92 Å². The van der Waals surface area contributed by atoms with Crippen LogP contribution in [0.4, 0.5) is 30.4 Å². The second-order valence-electron chi connectivity index (χ2n) is 8.02. The number of benzene rings is 1. The molecule has 7 nitrogen and oxygen atoms in total. The molecule has 0 bridgehead atoms. The van der Waals surface area contributed by atoms with Gasteiger partial charge in [-0.2, -0.15) is 26.7 Å². The minimum atomic E-state index is -4.43. The molecule has 0 fully saturated rings. The number of amides is 1. The molecule has 0 unspecified atom stereocenters. The number of hydrogen-bond donors (Lipinski definition) is 2. The SMILES string of the molecule is COc1cc(CNc2cc3c(c(C)n2)NC(=O)[C@H](C(C)C)N3C)ccc1OCC(F)(F)F.S. The van der Waals surface area contributed by atoms with Gasteiger partial charge in [-0.3, -0.25) is 4.79 Å². The van der Waals surface area contributed by atoms with Crippen molar-refractivity contribution < 1.29 is 27.4 Å². The highest BCUT2D eigenvalue weighted by molar-refractivity contribution is 7.59. The lowest BCUT2D eigenvalue weighted by atomic mass is 9.98. The molecule has 182 valence electrons. The van der Waals surface area contributed by atoms with Gasteiger partial charge in [-0.15, -0.1) is 0 Å². The number of alkyl halides is 3. The van der Waals surface area contributed by atoms with Crippen LogP contribution in [0.2, 0.25) is 0 Å². The van der Waals surface area contributed by atoms with Gasteiger partial charge in [0.05, 0.1) is 24.2 Å². The van der Waals surface area contributed by atoms with E-state index in [9.17, 15) is 18.0 Å². The minimum Gasteiger partial charge on any atom is -0.493 e. The molecule has 0 aliphatic carbocycles. The van der Waals surface area contributed by atoms with Crippen molar-refractivity contribution in [3.63, 3.8) is 0 Å². The lowest BCUT2D eigenvalue weighted by molar-refractivity contribution is -0.153. The quantitative estimate of drug-likeness (QED) is 0.601. The smallest absolute Gasteiger partial charge is 0.422 e. The van der Waals surface area contributed by atoms with Crippen LogP contribution in [0.1, 0.15) is 25.1 Å². The third-order valence-electron chi connectivity index (χ3n) is 5.22. The van der Waals surface area contributed by atoms with Gasteiger partial charge in [0.25, 0.3) is 0 Å². The monoisotopic (exact) mass is 486 g/mol. The number of aryl methyl sites for hydroxylation is 1. The van der Waals surface area contributed by atoms with Crippen LogP contribution in [-0.2, 0) is 11.3 Å². The molecule has 1 amide bonds. The van der Waals surface area contributed by atoms with E-state index in [0.717, 1.165) is 11.3 Å². The zero-order chi connectivity index (χ0) is 23.6. The summed E-state index contributed by atoms with van der Waals surface area (Å²) in [5.41, 5.74) is 3.01. The number of hydrogen-bond acceptors (Lipinski definition) is 6. The fourth-order valence-electron chi connectivity index (χ4n) is 3.75. The predicted molar refractivity (Wildman–Crippen MR) is 127 cm³/mol. The van der Waals surface area contributed by atoms with Crippen LogP contribution >= 0.6 is 13.5 Å². The molecule has 1 atom stereocenters. The topological polar surface area (TPSA) is 75.7 Å². The maximum atomic E-state index is 12.5. The van der Waals surface area contributed by atoms with Crippen LogP contribution in [0.3, 0.4) is 0 Å². The van der Waals surface area contributed by atoms with E-state index in [-0.39, 0.29) is 42.9 Å². The summed E-state index contributed by atoms with van der Waals surface area (Å²) in [4.78, 5) is 18.9. The number of likely N-dealkylation sites (N-methyl/N-ethyl adjacent to an activating group) is 1. The van der Waals surface area contributed by atoms with E-state index in [1.54, 1.807) is 12.1 Å². The average molecular weight is 487 g/mol. The molecule has 2 aromatic rings. The van der Waals surface area contributed by atoms with E-state index < -0.39 is 12.8 Å². The lowest BCUT2D eigenvalue weighted by Crippen LogP contribution is -2.49. The Balaban J connectivity index is 0.00000385. The summed E-state index contributed by atoms with van der Waals surface area (Å²) in [6.45, 7) is 4.79. The van der Waals surface area contributed by atoms with Gasteiger partial charge in [-0.05, 0) is 30.5 Å². The first-order chi connectivity index (χ1) is 15.0. The van der Waals surface area contributed by atoms with Crippen LogP contribution in [0, 0.1) is 12.8 Å². The average Bonchev–Trinajstić information content (AvgIpc) is 2.71. The third-order valence-corrected chi connectivity index (χ3v) is 5.22. The van der Waals surface area contributed by atoms with E-state index in [1.807, 2.05) is 38.8 Å². The number of carbonyl (C=O) groups excluding carboxylic acids is 1. The van der Waals surface area contributed by atoms with Crippen molar-refractivity contribution in [3.8, 4) is 11.5 Å². The Bertz CT molecular complexity index is 1000. The zero-order valence-electron chi connectivity index (χ0n) is 19.1. The van der Waals surface area contributed by atoms with E-state index in [0.29, 0.717) is 23.7 Å². The molecule has 0 radical (unpaired) electrons. The molecule has 2 N–H and O–H groups in total. The van der Waals surface area contributed by atoms with Crippen molar-refractivity contribution >= 4 is 36.6 Å². The number of anilines is 3. The first kappa shape index (κ1) is 26.4. The molecule has 0 saturated carbocycles. The number of methoxy groups -OCH3 is 1. The molecule has 1 aliphatic rings. The number of aromatic nitrogens is 1. The number of halogens is 3. The Labute approximate surface area is 198 Å². The molecule has 3 rings (SSSR count). The number of fused-ring (bicyclic) bond motifs is 1. The number of nitrogens with zero attached hydrogens (tertiary/aromatic N) is 2. The summed E-state index contributed by atoms with van der Waals surface area (Å²) in [7, 11) is 3.26. The van der Waals surface area contributed by atoms with Crippen molar-refractivity contribution in [1.29, 1.82) is 0 Å². The molecule has 1 aliphatic heterocycles. The number of nitrogens with one attached hydrogen (secondary N) is 2. The normalized spacial score (nSPS) is 15.5. The fourth-order valence-corrected chi connectivity index (χ4v) is 3.75. The van der Waals surface area contributed by atoms with Crippen LogP contribution < -0.4 is 25.0 Å². The summed E-state index contributed by atoms with van der Waals surface area (Å²) in [6.07, 6.45) is -4.43. The summed E-state index contributed by atoms with van der Waals surface area (Å²) in [5.74, 6) is 0.922. The van der Waals surface area contributed by atoms with Crippen LogP contribution in [0.25, 0.3) is 0 Å². The number of carbonyl (C=O) groups is 1. The number of pyridine rings is 1. The van der Waals surface area contributed by atoms with Crippen molar-refractivity contribution in [3.05, 3.63) is 35.5 Å². The number of ether oxygens (including phenoxy) is 2. The standard InChI is InChI=1S/C22H27F3N4O3.H2S/c1-12(2)20-21(30)28-19-13(3)27-18(9-15(19)29(20)4)26-10-14-6-7-16(17(8-14)31-5)32-11-22(23,24)25;/h6-9,12,20H,10-11H2,1-5H3,(H,26,27)(H,28,30);1H2/t20-;/m0./s1. The first-order valence-electron chi connectivity index (χ1n) is 10.2. The molecule has 2 heterocycles. The lowest BCUT2D eigenvalue weighted by Gasteiger charge is -2.38. The zero-order valence-corrected chi connectivity index (χ0v) is 20.1. The van der Waals surface area contributed by atoms with Gasteiger partial charge in [0, 0.05) is 19.7 Å². The molecule has 0 saturated heterocycles. The van der Waals surface area contributed by atoms with Gasteiger partial charge in [0.15, 0.2) is 18.1 Å². The maximum absolute atomic E-state index is 12.5. The van der Waals surface area contributed by atoms with Gasteiger partial charge in [-0.1, -0.05) is 19.9 Å². The summed E-state index contributed by atoms with van der Waals surface area (Å²) < 4.78 is 47.3. The summed E-state index contributed by atoms with van der Waals surface area (Å²) in [5, 5.41) is 6.18. The second-order valence-corrected chi connectivity index (χ2v) is 8.02. The predicted octanol–water partition coefficient (Wildman–Crippen LogP) is 4.48. The number of rotatable bonds is 7. The molecule has 1 aromatic carbocycles. The molecule has 0 spiro atoms. The van der Waals surface area contributed by atoms with Crippen LogP contribution in [0.15, 0.2) is 24.3 Å². The first-order valence-corrected chi connectivity index (χ1v) is 10.2. The maximum Gasteiger partial charge on any atom is 0.422 e. The highest BCUT2D eigenvalue weighted by atomic mass is 32.1. The van der Waals surface area contributed by atoms with Gasteiger partial charge >= 0.3 is 6.18 Å². The van der Waals surface area contributed by atoms with Crippen molar-refractivity contribution in [2.45, 2.75) is 39.5 Å². The van der Waals surface area contributed by atoms with Gasteiger partial charge in [0.2, 0.25) is 5.91 Å². The summed E-state index contributed by atoms with van der Waals surface area (Å²) in [6, 6.07) is 6.31. The van der Waals surface area contributed by atoms with E-state index in [4.69, 9.17) is 9.47 Å². The Kier molecular flexibility index (Phi) is 8.34. The fraction of sp³-hybridized carbons (Fsp3) is 0.455. The molecular weight excluding hydrogens is 457 g/mol. The van der Waals surface area contributed by atoms with E-state index in [2.05, 4.69) is 15.6 Å². The summed E-state index contributed by atoms with van der Waals surface area (Å²) >= 11 is 0.